The molecule has 202 valence electrons. The quantitative estimate of drug-likeness (QED) is 0.487. The highest BCUT2D eigenvalue weighted by molar-refractivity contribution is 6.42. The zero-order chi connectivity index (χ0) is 27.6. The average molecular weight is 580 g/mol. The van der Waals surface area contributed by atoms with E-state index in [0.717, 1.165) is 0 Å². The molecule has 0 aromatic heterocycles. The number of nitrogens with one attached hydrogen (secondary N) is 1. The Morgan fingerprint density at radius 1 is 1.05 bits per heavy atom. The molecule has 2 aromatic rings. The van der Waals surface area contributed by atoms with Crippen LogP contribution in [0.15, 0.2) is 53.7 Å². The molecule has 11 heteroatoms. The third kappa shape index (κ3) is 5.94. The SMILES string of the molecule is CCOC(=O)C1=C(CN2CCN(C(=O)c3ccc(Cl)cc3)C(C)C2)N(C)C(=O)NC1c1ccc(Cl)c(Cl)c1. The number of halogens is 3. The first-order valence-electron chi connectivity index (χ1n) is 12.3. The van der Waals surface area contributed by atoms with Gasteiger partial charge in [0.2, 0.25) is 0 Å². The molecule has 1 fully saturated rings. The number of urea groups is 1. The first kappa shape index (κ1) is 28.2. The number of carbonyl (C=O) groups is 3. The van der Waals surface area contributed by atoms with Crippen molar-refractivity contribution in [3.05, 3.63) is 79.9 Å². The Balaban J connectivity index is 1.61. The Bertz CT molecular complexity index is 1270. The summed E-state index contributed by atoms with van der Waals surface area (Å²) in [5, 5.41) is 4.15. The number of esters is 1. The van der Waals surface area contributed by atoms with Crippen molar-refractivity contribution in [2.75, 3.05) is 39.8 Å². The summed E-state index contributed by atoms with van der Waals surface area (Å²) in [5.74, 6) is -0.580. The van der Waals surface area contributed by atoms with Gasteiger partial charge >= 0.3 is 12.0 Å². The van der Waals surface area contributed by atoms with E-state index in [-0.39, 0.29) is 24.6 Å². The summed E-state index contributed by atoms with van der Waals surface area (Å²) < 4.78 is 5.40. The summed E-state index contributed by atoms with van der Waals surface area (Å²) in [6, 6.07) is 10.6. The third-order valence-electron chi connectivity index (χ3n) is 6.79. The van der Waals surface area contributed by atoms with Crippen molar-refractivity contribution in [2.45, 2.75) is 25.9 Å². The average Bonchev–Trinajstić information content (AvgIpc) is 2.88. The number of nitrogens with zero attached hydrogens (tertiary/aromatic N) is 3. The summed E-state index contributed by atoms with van der Waals surface area (Å²) >= 11 is 18.3. The maximum absolute atomic E-state index is 13.2. The Hall–Kier alpha value is -2.78. The van der Waals surface area contributed by atoms with Crippen molar-refractivity contribution in [1.82, 2.24) is 20.0 Å². The fourth-order valence-corrected chi connectivity index (χ4v) is 5.22. The third-order valence-corrected chi connectivity index (χ3v) is 7.78. The summed E-state index contributed by atoms with van der Waals surface area (Å²) in [6.07, 6.45) is 0. The minimum absolute atomic E-state index is 0.0610. The van der Waals surface area contributed by atoms with Crippen LogP contribution in [0.5, 0.6) is 0 Å². The number of ether oxygens (including phenoxy) is 1. The Morgan fingerprint density at radius 3 is 2.39 bits per heavy atom. The number of amides is 3. The molecule has 0 radical (unpaired) electrons. The molecule has 3 amide bonds. The van der Waals surface area contributed by atoms with Crippen LogP contribution >= 0.6 is 34.8 Å². The second-order valence-electron chi connectivity index (χ2n) is 9.29. The fourth-order valence-electron chi connectivity index (χ4n) is 4.79. The molecule has 8 nitrogen and oxygen atoms in total. The highest BCUT2D eigenvalue weighted by atomic mass is 35.5. The smallest absolute Gasteiger partial charge is 0.338 e. The van der Waals surface area contributed by atoms with Crippen LogP contribution in [-0.2, 0) is 9.53 Å². The molecular formula is C27H29Cl3N4O4. The molecule has 2 aliphatic heterocycles. The summed E-state index contributed by atoms with van der Waals surface area (Å²) in [6.45, 7) is 5.85. The van der Waals surface area contributed by atoms with Crippen molar-refractivity contribution < 1.29 is 19.1 Å². The van der Waals surface area contributed by atoms with Crippen LogP contribution in [0.2, 0.25) is 15.1 Å². The van der Waals surface area contributed by atoms with Crippen molar-refractivity contribution >= 4 is 52.7 Å². The summed E-state index contributed by atoms with van der Waals surface area (Å²) in [7, 11) is 1.62. The van der Waals surface area contributed by atoms with Crippen LogP contribution in [0.1, 0.15) is 35.8 Å². The zero-order valence-electron chi connectivity index (χ0n) is 21.3. The van der Waals surface area contributed by atoms with Gasteiger partial charge in [0.05, 0.1) is 28.3 Å². The van der Waals surface area contributed by atoms with Crippen LogP contribution in [-0.4, -0.2) is 78.5 Å². The second kappa shape index (κ2) is 11.9. The lowest BCUT2D eigenvalue weighted by molar-refractivity contribution is -0.139. The molecule has 2 aliphatic rings. The standard InChI is InChI=1S/C27H29Cl3N4O4/c1-4-38-26(36)23-22(32(3)27(37)31-24(23)18-7-10-20(29)21(30)13-18)15-33-11-12-34(16(2)14-33)25(35)17-5-8-19(28)9-6-17/h5-10,13,16,24H,4,11-12,14-15H2,1-3H3,(H,31,37). The maximum atomic E-state index is 13.2. The molecule has 38 heavy (non-hydrogen) atoms. The van der Waals surface area contributed by atoms with E-state index in [9.17, 15) is 14.4 Å². The van der Waals surface area contributed by atoms with Gasteiger partial charge < -0.3 is 15.0 Å². The lowest BCUT2D eigenvalue weighted by Gasteiger charge is -2.42. The van der Waals surface area contributed by atoms with E-state index >= 15 is 0 Å². The van der Waals surface area contributed by atoms with Gasteiger partial charge in [-0.25, -0.2) is 9.59 Å². The highest BCUT2D eigenvalue weighted by Gasteiger charge is 2.38. The molecule has 2 aromatic carbocycles. The van der Waals surface area contributed by atoms with Crippen LogP contribution in [0, 0.1) is 0 Å². The van der Waals surface area contributed by atoms with Gasteiger partial charge in [0, 0.05) is 55.6 Å². The van der Waals surface area contributed by atoms with Gasteiger partial charge in [-0.15, -0.1) is 0 Å². The molecule has 4 rings (SSSR count). The van der Waals surface area contributed by atoms with Crippen molar-refractivity contribution in [3.8, 4) is 0 Å². The van der Waals surface area contributed by atoms with Gasteiger partial charge in [-0.1, -0.05) is 40.9 Å². The molecule has 2 atom stereocenters. The van der Waals surface area contributed by atoms with Crippen LogP contribution < -0.4 is 5.32 Å². The summed E-state index contributed by atoms with van der Waals surface area (Å²) in [5.41, 5.74) is 2.07. The predicted molar refractivity (Wildman–Crippen MR) is 148 cm³/mol. The van der Waals surface area contributed by atoms with E-state index in [1.165, 1.54) is 4.90 Å². The van der Waals surface area contributed by atoms with Gasteiger partial charge in [-0.05, 0) is 55.8 Å². The lowest BCUT2D eigenvalue weighted by Crippen LogP contribution is -2.56. The van der Waals surface area contributed by atoms with E-state index in [2.05, 4.69) is 10.2 Å². The monoisotopic (exact) mass is 578 g/mol. The van der Waals surface area contributed by atoms with Crippen molar-refractivity contribution in [2.24, 2.45) is 0 Å². The molecule has 2 unspecified atom stereocenters. The number of benzene rings is 2. The molecule has 0 bridgehead atoms. The van der Waals surface area contributed by atoms with Gasteiger partial charge in [0.25, 0.3) is 5.91 Å². The van der Waals surface area contributed by atoms with Crippen LogP contribution in [0.3, 0.4) is 0 Å². The predicted octanol–water partition coefficient (Wildman–Crippen LogP) is 5.01. The molecule has 0 spiro atoms. The second-order valence-corrected chi connectivity index (χ2v) is 10.5. The minimum Gasteiger partial charge on any atom is -0.463 e. The first-order chi connectivity index (χ1) is 18.1. The van der Waals surface area contributed by atoms with Gasteiger partial charge in [-0.3, -0.25) is 14.6 Å². The topological polar surface area (TPSA) is 82.2 Å². The number of hydrogen-bond acceptors (Lipinski definition) is 5. The number of rotatable bonds is 6. The number of hydrogen-bond donors (Lipinski definition) is 1. The van der Waals surface area contributed by atoms with E-state index in [1.807, 2.05) is 11.8 Å². The fraction of sp³-hybridized carbons (Fsp3) is 0.370. The molecular weight excluding hydrogens is 551 g/mol. The summed E-state index contributed by atoms with van der Waals surface area (Å²) in [4.78, 5) is 44.7. The number of carbonyl (C=O) groups excluding carboxylic acids is 3. The highest BCUT2D eigenvalue weighted by Crippen LogP contribution is 2.34. The largest absolute Gasteiger partial charge is 0.463 e. The van der Waals surface area contributed by atoms with Crippen molar-refractivity contribution in [1.29, 1.82) is 0 Å². The van der Waals surface area contributed by atoms with E-state index in [1.54, 1.807) is 56.4 Å². The molecule has 2 heterocycles. The van der Waals surface area contributed by atoms with E-state index < -0.39 is 12.0 Å². The minimum atomic E-state index is -0.757. The number of likely N-dealkylation sites (N-methyl/N-ethyl adjacent to an activating group) is 1. The zero-order valence-corrected chi connectivity index (χ0v) is 23.6. The van der Waals surface area contributed by atoms with E-state index in [4.69, 9.17) is 39.5 Å². The van der Waals surface area contributed by atoms with E-state index in [0.29, 0.717) is 63.6 Å². The van der Waals surface area contributed by atoms with Gasteiger partial charge in [0.15, 0.2) is 0 Å². The maximum Gasteiger partial charge on any atom is 0.338 e. The Morgan fingerprint density at radius 2 is 1.76 bits per heavy atom. The molecule has 0 aliphatic carbocycles. The molecule has 1 saturated heterocycles. The normalized spacial score (nSPS) is 20.4. The number of piperazine rings is 1. The molecule has 0 saturated carbocycles. The van der Waals surface area contributed by atoms with Crippen molar-refractivity contribution in [3.63, 3.8) is 0 Å². The molecule has 1 N–H and O–H groups in total. The first-order valence-corrected chi connectivity index (χ1v) is 13.4. The lowest BCUT2D eigenvalue weighted by atomic mass is 9.94. The van der Waals surface area contributed by atoms with Gasteiger partial charge in [0.1, 0.15) is 0 Å². The Kier molecular flexibility index (Phi) is 8.88. The van der Waals surface area contributed by atoms with Gasteiger partial charge in [-0.2, -0.15) is 0 Å². The van der Waals surface area contributed by atoms with Crippen LogP contribution in [0.25, 0.3) is 0 Å². The Labute approximate surface area is 237 Å². The van der Waals surface area contributed by atoms with Crippen LogP contribution in [0.4, 0.5) is 4.79 Å².